The minimum absolute atomic E-state index is 0.0290. The Morgan fingerprint density at radius 2 is 2.12 bits per heavy atom. The highest BCUT2D eigenvalue weighted by Gasteiger charge is 2.24. The summed E-state index contributed by atoms with van der Waals surface area (Å²) in [6.07, 6.45) is 5.41. The van der Waals surface area contributed by atoms with Gasteiger partial charge in [-0.3, -0.25) is 0 Å². The third-order valence-electron chi connectivity index (χ3n) is 4.78. The summed E-state index contributed by atoms with van der Waals surface area (Å²) in [6.45, 7) is -0.903. The number of nitrogens with one attached hydrogen (secondary N) is 1. The van der Waals surface area contributed by atoms with Crippen molar-refractivity contribution in [3.63, 3.8) is 0 Å². The Kier molecular flexibility index (Phi) is 6.42. The van der Waals surface area contributed by atoms with Gasteiger partial charge in [-0.1, -0.05) is 0 Å². The monoisotopic (exact) mass is 432 g/mol. The topological polar surface area (TPSA) is 71.7 Å². The molecule has 1 aliphatic carbocycles. The largest absolute Gasteiger partial charge is 0.393 e. The van der Waals surface area contributed by atoms with E-state index in [1.54, 1.807) is 6.20 Å². The van der Waals surface area contributed by atoms with Gasteiger partial charge in [-0.05, 0) is 61.0 Å². The number of ether oxygens (including phenoxy) is 1. The van der Waals surface area contributed by atoms with Crippen LogP contribution in [0.1, 0.15) is 50.6 Å². The molecule has 0 aliphatic heterocycles. The van der Waals surface area contributed by atoms with Crippen LogP contribution in [0.4, 0.5) is 14.7 Å². The molecule has 0 radical (unpaired) electrons. The van der Waals surface area contributed by atoms with Crippen LogP contribution in [0.5, 0.6) is 0 Å². The van der Waals surface area contributed by atoms with Gasteiger partial charge in [-0.2, -0.15) is 8.78 Å². The van der Waals surface area contributed by atoms with E-state index in [9.17, 15) is 13.9 Å². The zero-order valence-electron chi connectivity index (χ0n) is 14.5. The standard InChI is InChI=1S/C17H23BrF2N4O2/c1-10(6-7-26-16(19)20)22-17-21-9-15-13(18)8-14(24(15)23-17)11-2-4-12(25)5-3-11/h8-12,16,25H,2-7H2,1H3,(H,22,23)/t10-,11?,12?/m0/s1. The van der Waals surface area contributed by atoms with E-state index in [-0.39, 0.29) is 18.8 Å². The molecule has 0 amide bonds. The maximum atomic E-state index is 12.0. The van der Waals surface area contributed by atoms with Gasteiger partial charge < -0.3 is 15.2 Å². The molecular formula is C17H23BrF2N4O2. The molecule has 0 unspecified atom stereocenters. The zero-order chi connectivity index (χ0) is 18.7. The van der Waals surface area contributed by atoms with Crippen LogP contribution in [-0.4, -0.2) is 45.1 Å². The number of hydrogen-bond acceptors (Lipinski definition) is 5. The maximum Gasteiger partial charge on any atom is 0.345 e. The molecule has 2 aromatic heterocycles. The first-order valence-electron chi connectivity index (χ1n) is 8.82. The smallest absolute Gasteiger partial charge is 0.345 e. The lowest BCUT2D eigenvalue weighted by molar-refractivity contribution is -0.129. The van der Waals surface area contributed by atoms with Gasteiger partial charge in [0.25, 0.3) is 0 Å². The fourth-order valence-electron chi connectivity index (χ4n) is 3.33. The number of nitrogens with zero attached hydrogens (tertiary/aromatic N) is 3. The van der Waals surface area contributed by atoms with E-state index in [1.807, 2.05) is 11.4 Å². The van der Waals surface area contributed by atoms with E-state index in [0.29, 0.717) is 18.3 Å². The minimum Gasteiger partial charge on any atom is -0.393 e. The summed E-state index contributed by atoms with van der Waals surface area (Å²) in [5.74, 6) is 0.791. The third kappa shape index (κ3) is 4.69. The summed E-state index contributed by atoms with van der Waals surface area (Å²) >= 11 is 3.56. The highest BCUT2D eigenvalue weighted by molar-refractivity contribution is 9.10. The van der Waals surface area contributed by atoms with Gasteiger partial charge in [0.1, 0.15) is 0 Å². The molecule has 3 rings (SSSR count). The van der Waals surface area contributed by atoms with Gasteiger partial charge in [0.05, 0.1) is 24.4 Å². The van der Waals surface area contributed by atoms with Crippen molar-refractivity contribution in [3.05, 3.63) is 22.4 Å². The Morgan fingerprint density at radius 3 is 2.81 bits per heavy atom. The van der Waals surface area contributed by atoms with Crippen molar-refractivity contribution in [2.75, 3.05) is 11.9 Å². The lowest BCUT2D eigenvalue weighted by Gasteiger charge is -2.25. The van der Waals surface area contributed by atoms with Gasteiger partial charge in [0.15, 0.2) is 0 Å². The van der Waals surface area contributed by atoms with E-state index >= 15 is 0 Å². The molecule has 2 aromatic rings. The van der Waals surface area contributed by atoms with E-state index < -0.39 is 6.61 Å². The van der Waals surface area contributed by atoms with Gasteiger partial charge in [-0.25, -0.2) is 9.50 Å². The van der Waals surface area contributed by atoms with Crippen molar-refractivity contribution in [1.29, 1.82) is 0 Å². The number of halogens is 3. The molecule has 0 saturated heterocycles. The Bertz CT molecular complexity index is 735. The van der Waals surface area contributed by atoms with E-state index in [4.69, 9.17) is 0 Å². The molecule has 1 aliphatic rings. The predicted molar refractivity (Wildman–Crippen MR) is 97.6 cm³/mol. The number of aromatic nitrogens is 3. The Balaban J connectivity index is 1.73. The summed E-state index contributed by atoms with van der Waals surface area (Å²) in [4.78, 5) is 4.32. The third-order valence-corrected chi connectivity index (χ3v) is 5.42. The van der Waals surface area contributed by atoms with Gasteiger partial charge in [0, 0.05) is 22.1 Å². The molecule has 2 N–H and O–H groups in total. The second-order valence-electron chi connectivity index (χ2n) is 6.77. The molecule has 9 heteroatoms. The first-order chi connectivity index (χ1) is 12.4. The Labute approximate surface area is 159 Å². The number of hydrogen-bond donors (Lipinski definition) is 2. The van der Waals surface area contributed by atoms with E-state index in [1.165, 1.54) is 0 Å². The first kappa shape index (κ1) is 19.4. The zero-order valence-corrected chi connectivity index (χ0v) is 16.1. The van der Waals surface area contributed by atoms with Crippen molar-refractivity contribution in [3.8, 4) is 0 Å². The second-order valence-corrected chi connectivity index (χ2v) is 7.62. The average Bonchev–Trinajstić information content (AvgIpc) is 2.91. The fraction of sp³-hybridized carbons (Fsp3) is 0.647. The number of rotatable bonds is 7. The van der Waals surface area contributed by atoms with Crippen molar-refractivity contribution in [2.24, 2.45) is 0 Å². The van der Waals surface area contributed by atoms with Crippen LogP contribution in [0.15, 0.2) is 16.7 Å². The predicted octanol–water partition coefficient (Wildman–Crippen LogP) is 3.94. The average molecular weight is 433 g/mol. The Hall–Kier alpha value is -1.32. The Morgan fingerprint density at radius 1 is 1.38 bits per heavy atom. The molecule has 1 atom stereocenters. The van der Waals surface area contributed by atoms with E-state index in [2.05, 4.69) is 42.1 Å². The van der Waals surface area contributed by atoms with Crippen LogP contribution in [-0.2, 0) is 4.74 Å². The van der Waals surface area contributed by atoms with Crippen molar-refractivity contribution in [1.82, 2.24) is 14.6 Å². The molecule has 144 valence electrons. The van der Waals surface area contributed by atoms with Crippen LogP contribution >= 0.6 is 15.9 Å². The summed E-state index contributed by atoms with van der Waals surface area (Å²) in [7, 11) is 0. The lowest BCUT2D eigenvalue weighted by Crippen LogP contribution is -2.21. The molecule has 0 bridgehead atoms. The van der Waals surface area contributed by atoms with Crippen molar-refractivity contribution >= 4 is 27.4 Å². The minimum atomic E-state index is -2.75. The quantitative estimate of drug-likeness (QED) is 0.692. The summed E-state index contributed by atoms with van der Waals surface area (Å²) in [6, 6.07) is 1.97. The molecule has 26 heavy (non-hydrogen) atoms. The van der Waals surface area contributed by atoms with Crippen LogP contribution in [0.25, 0.3) is 5.52 Å². The molecule has 2 heterocycles. The molecule has 0 aromatic carbocycles. The van der Waals surface area contributed by atoms with Gasteiger partial charge in [0.2, 0.25) is 5.95 Å². The van der Waals surface area contributed by atoms with Crippen molar-refractivity contribution < 1.29 is 18.6 Å². The van der Waals surface area contributed by atoms with Gasteiger partial charge >= 0.3 is 6.61 Å². The lowest BCUT2D eigenvalue weighted by atomic mass is 9.85. The van der Waals surface area contributed by atoms with Crippen LogP contribution in [0.2, 0.25) is 0 Å². The number of aliphatic hydroxyl groups excluding tert-OH is 1. The number of alkyl halides is 2. The molecular weight excluding hydrogens is 410 g/mol. The van der Waals surface area contributed by atoms with E-state index in [0.717, 1.165) is 41.4 Å². The normalized spacial score (nSPS) is 22.1. The van der Waals surface area contributed by atoms with Crippen molar-refractivity contribution in [2.45, 2.75) is 63.7 Å². The molecule has 6 nitrogen and oxygen atoms in total. The molecule has 0 spiro atoms. The second kappa shape index (κ2) is 8.58. The SMILES string of the molecule is C[C@@H](CCOC(F)F)Nc1ncc2c(Br)cc(C3CCC(O)CC3)n2n1. The summed E-state index contributed by atoms with van der Waals surface area (Å²) in [5, 5.41) is 17.4. The number of anilines is 1. The summed E-state index contributed by atoms with van der Waals surface area (Å²) < 4.78 is 31.2. The fourth-order valence-corrected chi connectivity index (χ4v) is 3.84. The van der Waals surface area contributed by atoms with Gasteiger partial charge in [-0.15, -0.1) is 5.10 Å². The first-order valence-corrected chi connectivity index (χ1v) is 9.62. The molecule has 1 fully saturated rings. The van der Waals surface area contributed by atoms with Crippen LogP contribution in [0, 0.1) is 0 Å². The number of aliphatic hydroxyl groups is 1. The maximum absolute atomic E-state index is 12.0. The molecule has 1 saturated carbocycles. The highest BCUT2D eigenvalue weighted by Crippen LogP contribution is 2.36. The van der Waals surface area contributed by atoms with Crippen LogP contribution < -0.4 is 5.32 Å². The number of fused-ring (bicyclic) bond motifs is 1. The van der Waals surface area contributed by atoms with Crippen LogP contribution in [0.3, 0.4) is 0 Å². The summed E-state index contributed by atoms with van der Waals surface area (Å²) in [5.41, 5.74) is 1.98. The highest BCUT2D eigenvalue weighted by atomic mass is 79.9.